The van der Waals surface area contributed by atoms with Gasteiger partial charge < -0.3 is 0 Å². The molecule has 0 aliphatic heterocycles. The molecule has 6 heteroatoms. The van der Waals surface area contributed by atoms with Gasteiger partial charge in [0.1, 0.15) is 5.52 Å². The summed E-state index contributed by atoms with van der Waals surface area (Å²) in [5, 5.41) is 8.09. The van der Waals surface area contributed by atoms with Crippen LogP contribution in [0.2, 0.25) is 0 Å². The molecule has 1 heterocycles. The van der Waals surface area contributed by atoms with Gasteiger partial charge in [-0.1, -0.05) is 18.1 Å². The SMILES string of the molecule is CCn1nnc2cc(C(=O)NOC3CCCC3)ccc21. The fourth-order valence-electron chi connectivity index (χ4n) is 2.55. The van der Waals surface area contributed by atoms with Gasteiger partial charge in [-0.15, -0.1) is 5.10 Å². The maximum atomic E-state index is 12.0. The Hall–Kier alpha value is -1.95. The largest absolute Gasteiger partial charge is 0.274 e. The van der Waals surface area contributed by atoms with E-state index in [0.29, 0.717) is 5.56 Å². The van der Waals surface area contributed by atoms with Gasteiger partial charge in [0.15, 0.2) is 0 Å². The van der Waals surface area contributed by atoms with Gasteiger partial charge in [0.05, 0.1) is 11.6 Å². The van der Waals surface area contributed by atoms with Crippen LogP contribution >= 0.6 is 0 Å². The monoisotopic (exact) mass is 274 g/mol. The molecule has 6 nitrogen and oxygen atoms in total. The van der Waals surface area contributed by atoms with Gasteiger partial charge in [0.25, 0.3) is 5.91 Å². The highest BCUT2D eigenvalue weighted by atomic mass is 16.7. The lowest BCUT2D eigenvalue weighted by Gasteiger charge is -2.11. The van der Waals surface area contributed by atoms with E-state index in [1.807, 2.05) is 13.0 Å². The molecule has 1 aromatic heterocycles. The third kappa shape index (κ3) is 2.51. The van der Waals surface area contributed by atoms with Crippen LogP contribution in [-0.4, -0.2) is 27.0 Å². The van der Waals surface area contributed by atoms with Crippen molar-refractivity contribution in [1.29, 1.82) is 0 Å². The second-order valence-corrected chi connectivity index (χ2v) is 5.06. The number of nitrogens with one attached hydrogen (secondary N) is 1. The van der Waals surface area contributed by atoms with Gasteiger partial charge in [0, 0.05) is 12.1 Å². The third-order valence-corrected chi connectivity index (χ3v) is 3.70. The summed E-state index contributed by atoms with van der Waals surface area (Å²) in [6.45, 7) is 2.76. The first-order valence-corrected chi connectivity index (χ1v) is 7.07. The van der Waals surface area contributed by atoms with Gasteiger partial charge >= 0.3 is 0 Å². The molecule has 2 aromatic rings. The van der Waals surface area contributed by atoms with Crippen molar-refractivity contribution in [1.82, 2.24) is 20.5 Å². The van der Waals surface area contributed by atoms with Crippen molar-refractivity contribution >= 4 is 16.9 Å². The molecule has 0 saturated heterocycles. The number of benzene rings is 1. The Kier molecular flexibility index (Phi) is 3.64. The standard InChI is InChI=1S/C14H18N4O2/c1-2-18-13-8-7-10(9-12(13)15-17-18)14(19)16-20-11-5-3-4-6-11/h7-9,11H,2-6H2,1H3,(H,16,19). The average molecular weight is 274 g/mol. The topological polar surface area (TPSA) is 69.0 Å². The Morgan fingerprint density at radius 2 is 2.25 bits per heavy atom. The molecule has 1 saturated carbocycles. The van der Waals surface area contributed by atoms with E-state index in [-0.39, 0.29) is 12.0 Å². The molecule has 0 bridgehead atoms. The van der Waals surface area contributed by atoms with Crippen LogP contribution < -0.4 is 5.48 Å². The second-order valence-electron chi connectivity index (χ2n) is 5.06. The van der Waals surface area contributed by atoms with E-state index in [2.05, 4.69) is 15.8 Å². The third-order valence-electron chi connectivity index (χ3n) is 3.70. The summed E-state index contributed by atoms with van der Waals surface area (Å²) in [6, 6.07) is 5.37. The van der Waals surface area contributed by atoms with E-state index < -0.39 is 0 Å². The molecule has 20 heavy (non-hydrogen) atoms. The summed E-state index contributed by atoms with van der Waals surface area (Å²) in [6.07, 6.45) is 4.54. The van der Waals surface area contributed by atoms with Crippen LogP contribution in [0.1, 0.15) is 43.0 Å². The summed E-state index contributed by atoms with van der Waals surface area (Å²) in [5.41, 5.74) is 4.73. The number of amides is 1. The van der Waals surface area contributed by atoms with E-state index >= 15 is 0 Å². The lowest BCUT2D eigenvalue weighted by molar-refractivity contribution is -0.0124. The number of hydroxylamine groups is 1. The lowest BCUT2D eigenvalue weighted by Crippen LogP contribution is -2.28. The summed E-state index contributed by atoms with van der Waals surface area (Å²) in [5.74, 6) is -0.232. The number of carbonyl (C=O) groups is 1. The summed E-state index contributed by atoms with van der Waals surface area (Å²) in [7, 11) is 0. The van der Waals surface area contributed by atoms with Crippen molar-refractivity contribution in [3.63, 3.8) is 0 Å². The molecule has 0 atom stereocenters. The molecule has 1 amide bonds. The van der Waals surface area contributed by atoms with Crippen molar-refractivity contribution in [2.45, 2.75) is 45.3 Å². The minimum atomic E-state index is -0.232. The van der Waals surface area contributed by atoms with E-state index in [1.54, 1.807) is 16.8 Å². The normalized spacial score (nSPS) is 15.8. The number of nitrogens with zero attached hydrogens (tertiary/aromatic N) is 3. The number of hydrogen-bond donors (Lipinski definition) is 1. The van der Waals surface area contributed by atoms with E-state index in [1.165, 1.54) is 12.8 Å². The molecule has 0 radical (unpaired) electrons. The van der Waals surface area contributed by atoms with Gasteiger partial charge in [-0.3, -0.25) is 9.63 Å². The first-order chi connectivity index (χ1) is 9.78. The van der Waals surface area contributed by atoms with Crippen LogP contribution in [0.3, 0.4) is 0 Å². The maximum Gasteiger partial charge on any atom is 0.274 e. The Bertz CT molecular complexity index is 617. The molecule has 3 rings (SSSR count). The van der Waals surface area contributed by atoms with Crippen LogP contribution in [0.4, 0.5) is 0 Å². The van der Waals surface area contributed by atoms with Gasteiger partial charge in [-0.2, -0.15) is 0 Å². The van der Waals surface area contributed by atoms with Crippen molar-refractivity contribution in [3.8, 4) is 0 Å². The lowest BCUT2D eigenvalue weighted by atomic mass is 10.2. The van der Waals surface area contributed by atoms with Crippen LogP contribution in [0.15, 0.2) is 18.2 Å². The molecule has 1 aliphatic rings. The van der Waals surface area contributed by atoms with Gasteiger partial charge in [-0.25, -0.2) is 10.2 Å². The molecule has 106 valence electrons. The Morgan fingerprint density at radius 3 is 3.00 bits per heavy atom. The van der Waals surface area contributed by atoms with Crippen molar-refractivity contribution in [3.05, 3.63) is 23.8 Å². The number of aromatic nitrogens is 3. The molecule has 0 spiro atoms. The average Bonchev–Trinajstić information content (AvgIpc) is 3.13. The fourth-order valence-corrected chi connectivity index (χ4v) is 2.55. The van der Waals surface area contributed by atoms with Gasteiger partial charge in [0.2, 0.25) is 0 Å². The number of fused-ring (bicyclic) bond motifs is 1. The fraction of sp³-hybridized carbons (Fsp3) is 0.500. The number of hydrogen-bond acceptors (Lipinski definition) is 4. The van der Waals surface area contributed by atoms with Crippen molar-refractivity contribution in [2.24, 2.45) is 0 Å². The zero-order valence-electron chi connectivity index (χ0n) is 11.5. The van der Waals surface area contributed by atoms with Crippen LogP contribution in [-0.2, 0) is 11.4 Å². The number of aryl methyl sites for hydroxylation is 1. The molecular formula is C14H18N4O2. The molecular weight excluding hydrogens is 256 g/mol. The Labute approximate surface area is 117 Å². The summed E-state index contributed by atoms with van der Waals surface area (Å²) < 4.78 is 1.80. The zero-order valence-corrected chi connectivity index (χ0v) is 11.5. The van der Waals surface area contributed by atoms with Gasteiger partial charge in [-0.05, 0) is 38.0 Å². The van der Waals surface area contributed by atoms with Crippen molar-refractivity contribution < 1.29 is 9.63 Å². The summed E-state index contributed by atoms with van der Waals surface area (Å²) >= 11 is 0. The molecule has 1 aliphatic carbocycles. The highest BCUT2D eigenvalue weighted by Crippen LogP contribution is 2.20. The molecule has 0 unspecified atom stereocenters. The zero-order chi connectivity index (χ0) is 13.9. The smallest absolute Gasteiger partial charge is 0.270 e. The first-order valence-electron chi connectivity index (χ1n) is 7.07. The molecule has 1 fully saturated rings. The van der Waals surface area contributed by atoms with Crippen LogP contribution in [0, 0.1) is 0 Å². The van der Waals surface area contributed by atoms with Crippen LogP contribution in [0.5, 0.6) is 0 Å². The highest BCUT2D eigenvalue weighted by molar-refractivity contribution is 5.96. The maximum absolute atomic E-state index is 12.0. The number of carbonyl (C=O) groups excluding carboxylic acids is 1. The Balaban J connectivity index is 1.70. The van der Waals surface area contributed by atoms with E-state index in [9.17, 15) is 4.79 Å². The van der Waals surface area contributed by atoms with E-state index in [4.69, 9.17) is 4.84 Å². The Morgan fingerprint density at radius 1 is 1.45 bits per heavy atom. The number of rotatable bonds is 4. The van der Waals surface area contributed by atoms with Crippen LogP contribution in [0.25, 0.3) is 11.0 Å². The predicted octanol–water partition coefficient (Wildman–Crippen LogP) is 2.06. The molecule has 1 aromatic carbocycles. The summed E-state index contributed by atoms with van der Waals surface area (Å²) in [4.78, 5) is 17.4. The second kappa shape index (κ2) is 5.58. The first kappa shape index (κ1) is 13.1. The van der Waals surface area contributed by atoms with Crippen molar-refractivity contribution in [2.75, 3.05) is 0 Å². The minimum Gasteiger partial charge on any atom is -0.270 e. The quantitative estimate of drug-likeness (QED) is 0.866. The minimum absolute atomic E-state index is 0.156. The highest BCUT2D eigenvalue weighted by Gasteiger charge is 2.17. The predicted molar refractivity (Wildman–Crippen MR) is 74.0 cm³/mol. The molecule has 1 N–H and O–H groups in total. The van der Waals surface area contributed by atoms with E-state index in [0.717, 1.165) is 30.4 Å².